The quantitative estimate of drug-likeness (QED) is 0.887. The minimum atomic E-state index is -0.445. The smallest absolute Gasteiger partial charge is 0.250 e. The Hall–Kier alpha value is -1.40. The van der Waals surface area contributed by atoms with Gasteiger partial charge in [0.05, 0.1) is 0 Å². The molecule has 132 valence electrons. The maximum atomic E-state index is 12.9. The molecule has 0 radical (unpaired) electrons. The molecule has 1 N–H and O–H groups in total. The molecule has 2 aliphatic heterocycles. The van der Waals surface area contributed by atoms with Crippen LogP contribution in [-0.4, -0.2) is 42.0 Å². The van der Waals surface area contributed by atoms with Crippen LogP contribution >= 0.6 is 11.3 Å². The molecule has 3 heterocycles. The van der Waals surface area contributed by atoms with Gasteiger partial charge in [-0.2, -0.15) is 0 Å². The number of thiophene rings is 1. The molecule has 3 unspecified atom stereocenters. The molecule has 0 aromatic carbocycles. The first-order chi connectivity index (χ1) is 11.6. The molecule has 1 aromatic heterocycles. The number of rotatable bonds is 5. The number of amides is 2. The van der Waals surface area contributed by atoms with Crippen molar-refractivity contribution >= 4 is 23.2 Å². The van der Waals surface area contributed by atoms with Gasteiger partial charge in [0.1, 0.15) is 12.1 Å². The third-order valence-electron chi connectivity index (χ3n) is 4.96. The van der Waals surface area contributed by atoms with E-state index in [4.69, 9.17) is 4.74 Å². The van der Waals surface area contributed by atoms with Gasteiger partial charge in [-0.1, -0.05) is 20.3 Å². The Morgan fingerprint density at radius 2 is 2.33 bits per heavy atom. The van der Waals surface area contributed by atoms with Crippen LogP contribution in [0.3, 0.4) is 0 Å². The highest BCUT2D eigenvalue weighted by atomic mass is 32.1. The Kier molecular flexibility index (Phi) is 5.56. The lowest BCUT2D eigenvalue weighted by atomic mass is 10.0. The third kappa shape index (κ3) is 3.64. The SMILES string of the molecule is CCCC(NC(=O)C1OCCC1C)C(=O)N1CCc2sccc2C1. The molecule has 5 nitrogen and oxygen atoms in total. The Bertz CT molecular complexity index is 601. The molecule has 0 spiro atoms. The predicted octanol–water partition coefficient (Wildman–Crippen LogP) is 2.34. The van der Waals surface area contributed by atoms with Crippen molar-refractivity contribution in [3.63, 3.8) is 0 Å². The summed E-state index contributed by atoms with van der Waals surface area (Å²) in [5.41, 5.74) is 1.24. The van der Waals surface area contributed by atoms with E-state index in [0.717, 1.165) is 25.8 Å². The largest absolute Gasteiger partial charge is 0.368 e. The van der Waals surface area contributed by atoms with Gasteiger partial charge in [0.2, 0.25) is 11.8 Å². The van der Waals surface area contributed by atoms with Crippen LogP contribution in [0.4, 0.5) is 0 Å². The van der Waals surface area contributed by atoms with Crippen LogP contribution in [0.5, 0.6) is 0 Å². The Labute approximate surface area is 147 Å². The van der Waals surface area contributed by atoms with Crippen LogP contribution in [0.25, 0.3) is 0 Å². The van der Waals surface area contributed by atoms with Gasteiger partial charge in [-0.15, -0.1) is 11.3 Å². The number of fused-ring (bicyclic) bond motifs is 1. The maximum absolute atomic E-state index is 12.9. The molecule has 1 aromatic rings. The third-order valence-corrected chi connectivity index (χ3v) is 5.98. The topological polar surface area (TPSA) is 58.6 Å². The average molecular weight is 350 g/mol. The highest BCUT2D eigenvalue weighted by Gasteiger charge is 2.34. The van der Waals surface area contributed by atoms with Crippen molar-refractivity contribution in [1.29, 1.82) is 0 Å². The molecular weight excluding hydrogens is 324 g/mol. The van der Waals surface area contributed by atoms with Crippen LogP contribution < -0.4 is 5.32 Å². The summed E-state index contributed by atoms with van der Waals surface area (Å²) in [6.45, 7) is 6.08. The average Bonchev–Trinajstić information content (AvgIpc) is 3.21. The summed E-state index contributed by atoms with van der Waals surface area (Å²) in [6.07, 6.45) is 2.92. The van der Waals surface area contributed by atoms with Crippen molar-refractivity contribution in [3.8, 4) is 0 Å². The Morgan fingerprint density at radius 3 is 3.04 bits per heavy atom. The van der Waals surface area contributed by atoms with Gasteiger partial charge in [-0.05, 0) is 42.2 Å². The predicted molar refractivity (Wildman–Crippen MR) is 93.8 cm³/mol. The van der Waals surface area contributed by atoms with Crippen molar-refractivity contribution in [2.75, 3.05) is 13.2 Å². The molecule has 24 heavy (non-hydrogen) atoms. The molecule has 3 rings (SSSR count). The summed E-state index contributed by atoms with van der Waals surface area (Å²) in [5.74, 6) is 0.110. The van der Waals surface area contributed by atoms with Gasteiger partial charge < -0.3 is 15.0 Å². The van der Waals surface area contributed by atoms with Gasteiger partial charge in [0.15, 0.2) is 0 Å². The second-order valence-electron chi connectivity index (χ2n) is 6.79. The number of nitrogens with one attached hydrogen (secondary N) is 1. The summed E-state index contributed by atoms with van der Waals surface area (Å²) in [7, 11) is 0. The molecule has 1 fully saturated rings. The van der Waals surface area contributed by atoms with E-state index in [-0.39, 0.29) is 17.7 Å². The zero-order chi connectivity index (χ0) is 17.1. The van der Waals surface area contributed by atoms with Crippen LogP contribution in [0, 0.1) is 5.92 Å². The van der Waals surface area contributed by atoms with Crippen molar-refractivity contribution < 1.29 is 14.3 Å². The summed E-state index contributed by atoms with van der Waals surface area (Å²) in [6, 6.07) is 1.65. The number of carbonyl (C=O) groups is 2. The van der Waals surface area contributed by atoms with Gasteiger partial charge in [-0.25, -0.2) is 0 Å². The number of hydrogen-bond acceptors (Lipinski definition) is 4. The fourth-order valence-electron chi connectivity index (χ4n) is 3.49. The maximum Gasteiger partial charge on any atom is 0.250 e. The lowest BCUT2D eigenvalue weighted by Gasteiger charge is -2.31. The van der Waals surface area contributed by atoms with Gasteiger partial charge in [0.25, 0.3) is 0 Å². The zero-order valence-electron chi connectivity index (χ0n) is 14.4. The first-order valence-corrected chi connectivity index (χ1v) is 9.74. The fourth-order valence-corrected chi connectivity index (χ4v) is 4.38. The number of hydrogen-bond donors (Lipinski definition) is 1. The van der Waals surface area contributed by atoms with E-state index in [1.165, 1.54) is 10.4 Å². The van der Waals surface area contributed by atoms with Crippen molar-refractivity contribution in [1.82, 2.24) is 10.2 Å². The van der Waals surface area contributed by atoms with E-state index in [0.29, 0.717) is 19.6 Å². The zero-order valence-corrected chi connectivity index (χ0v) is 15.2. The second-order valence-corrected chi connectivity index (χ2v) is 7.79. The van der Waals surface area contributed by atoms with E-state index in [2.05, 4.69) is 16.8 Å². The number of nitrogens with zero attached hydrogens (tertiary/aromatic N) is 1. The van der Waals surface area contributed by atoms with E-state index < -0.39 is 12.1 Å². The minimum Gasteiger partial charge on any atom is -0.368 e. The summed E-state index contributed by atoms with van der Waals surface area (Å²) >= 11 is 1.76. The van der Waals surface area contributed by atoms with Crippen LogP contribution in [-0.2, 0) is 27.3 Å². The van der Waals surface area contributed by atoms with E-state index in [1.807, 2.05) is 18.7 Å². The highest BCUT2D eigenvalue weighted by Crippen LogP contribution is 2.25. The van der Waals surface area contributed by atoms with Crippen LogP contribution in [0.2, 0.25) is 0 Å². The first kappa shape index (κ1) is 17.4. The van der Waals surface area contributed by atoms with E-state index >= 15 is 0 Å². The lowest BCUT2D eigenvalue weighted by molar-refractivity contribution is -0.140. The molecule has 0 bridgehead atoms. The summed E-state index contributed by atoms with van der Waals surface area (Å²) in [5, 5.41) is 5.04. The van der Waals surface area contributed by atoms with Gasteiger partial charge in [0, 0.05) is 24.6 Å². The van der Waals surface area contributed by atoms with Crippen molar-refractivity contribution in [3.05, 3.63) is 21.9 Å². The fraction of sp³-hybridized carbons (Fsp3) is 0.667. The highest BCUT2D eigenvalue weighted by molar-refractivity contribution is 7.10. The number of carbonyl (C=O) groups excluding carboxylic acids is 2. The monoisotopic (exact) mass is 350 g/mol. The van der Waals surface area contributed by atoms with Gasteiger partial charge in [-0.3, -0.25) is 9.59 Å². The van der Waals surface area contributed by atoms with Gasteiger partial charge >= 0.3 is 0 Å². The Balaban J connectivity index is 1.64. The molecule has 6 heteroatoms. The first-order valence-electron chi connectivity index (χ1n) is 8.86. The number of ether oxygens (including phenoxy) is 1. The molecule has 0 aliphatic carbocycles. The van der Waals surface area contributed by atoms with Crippen molar-refractivity contribution in [2.24, 2.45) is 5.92 Å². The molecule has 0 saturated carbocycles. The normalized spacial score (nSPS) is 24.5. The lowest BCUT2D eigenvalue weighted by Crippen LogP contribution is -2.52. The molecule has 3 atom stereocenters. The molecular formula is C18H26N2O3S. The molecule has 2 amide bonds. The summed E-state index contributed by atoms with van der Waals surface area (Å²) in [4.78, 5) is 28.7. The second kappa shape index (κ2) is 7.66. The standard InChI is InChI=1S/C18H26N2O3S/c1-3-4-14(19-17(21)16-12(2)6-9-23-16)18(22)20-8-5-15-13(11-20)7-10-24-15/h7,10,12,14,16H,3-6,8-9,11H2,1-2H3,(H,19,21). The van der Waals surface area contributed by atoms with Crippen LogP contribution in [0.1, 0.15) is 43.6 Å². The molecule has 2 aliphatic rings. The Morgan fingerprint density at radius 1 is 1.50 bits per heavy atom. The van der Waals surface area contributed by atoms with Crippen molar-refractivity contribution in [2.45, 2.75) is 58.2 Å². The molecule has 1 saturated heterocycles. The minimum absolute atomic E-state index is 0.0349. The summed E-state index contributed by atoms with van der Waals surface area (Å²) < 4.78 is 5.53. The van der Waals surface area contributed by atoms with E-state index in [9.17, 15) is 9.59 Å². The van der Waals surface area contributed by atoms with E-state index in [1.54, 1.807) is 11.3 Å². The van der Waals surface area contributed by atoms with Crippen LogP contribution in [0.15, 0.2) is 11.4 Å².